The minimum atomic E-state index is -3.84. The summed E-state index contributed by atoms with van der Waals surface area (Å²) in [4.78, 5) is 10.9. The van der Waals surface area contributed by atoms with Crippen LogP contribution in [0, 0.1) is 5.92 Å². The molecule has 0 spiro atoms. The number of aromatic nitrogens is 2. The van der Waals surface area contributed by atoms with Crippen molar-refractivity contribution in [3.05, 3.63) is 18.0 Å². The lowest BCUT2D eigenvalue weighted by Crippen LogP contribution is -2.35. The van der Waals surface area contributed by atoms with Crippen LogP contribution >= 0.6 is 0 Å². The molecule has 1 aromatic rings. The van der Waals surface area contributed by atoms with Gasteiger partial charge in [0.1, 0.15) is 0 Å². The molecule has 0 aliphatic carbocycles. The first-order valence-electron chi connectivity index (χ1n) is 6.99. The molecule has 0 amide bonds. The number of aryl methyl sites for hydroxylation is 1. The van der Waals surface area contributed by atoms with Crippen LogP contribution in [0.5, 0.6) is 0 Å². The van der Waals surface area contributed by atoms with Gasteiger partial charge in [-0.2, -0.15) is 8.42 Å². The van der Waals surface area contributed by atoms with E-state index in [1.807, 2.05) is 12.4 Å². The Kier molecular flexibility index (Phi) is 4.93. The maximum Gasteiger partial charge on any atom is 0.264 e. The minimum absolute atomic E-state index is 0.140. The number of nitrogens with zero attached hydrogens (tertiary/aromatic N) is 3. The molecule has 1 fully saturated rings. The van der Waals surface area contributed by atoms with E-state index in [0.29, 0.717) is 12.3 Å². The second kappa shape index (κ2) is 6.49. The van der Waals surface area contributed by atoms with Gasteiger partial charge in [0.25, 0.3) is 10.1 Å². The Morgan fingerprint density at radius 3 is 2.40 bits per heavy atom. The van der Waals surface area contributed by atoms with E-state index >= 15 is 0 Å². The van der Waals surface area contributed by atoms with Crippen molar-refractivity contribution in [2.45, 2.75) is 32.6 Å². The maximum absolute atomic E-state index is 10.7. The van der Waals surface area contributed by atoms with Crippen molar-refractivity contribution in [3.8, 4) is 0 Å². The molecule has 0 atom stereocenters. The maximum atomic E-state index is 10.7. The summed E-state index contributed by atoms with van der Waals surface area (Å²) < 4.78 is 30.3. The predicted octanol–water partition coefficient (Wildman–Crippen LogP) is 1.53. The zero-order valence-electron chi connectivity index (χ0n) is 11.7. The van der Waals surface area contributed by atoms with E-state index in [-0.39, 0.29) is 5.75 Å². The Balaban J connectivity index is 1.84. The van der Waals surface area contributed by atoms with Crippen molar-refractivity contribution in [3.63, 3.8) is 0 Å². The van der Waals surface area contributed by atoms with Gasteiger partial charge in [0.15, 0.2) is 0 Å². The average molecular weight is 299 g/mol. The van der Waals surface area contributed by atoms with Crippen molar-refractivity contribution in [1.82, 2.24) is 9.97 Å². The van der Waals surface area contributed by atoms with Crippen LogP contribution in [-0.2, 0) is 16.5 Å². The molecule has 2 heterocycles. The Labute approximate surface area is 120 Å². The van der Waals surface area contributed by atoms with E-state index in [4.69, 9.17) is 4.55 Å². The molecule has 6 nitrogen and oxygen atoms in total. The summed E-state index contributed by atoms with van der Waals surface area (Å²) in [5.41, 5.74) is 1.12. The van der Waals surface area contributed by atoms with Crippen LogP contribution in [0.1, 0.15) is 31.7 Å². The Hall–Kier alpha value is -1.21. The molecular formula is C13H21N3O3S. The fourth-order valence-electron chi connectivity index (χ4n) is 2.43. The SMILES string of the molecule is CCc1cnc(N2CCC(CCS(=O)(=O)O)CC2)nc1. The molecule has 1 aliphatic heterocycles. The van der Waals surface area contributed by atoms with Gasteiger partial charge in [-0.1, -0.05) is 6.92 Å². The van der Waals surface area contributed by atoms with Gasteiger partial charge in [0, 0.05) is 25.5 Å². The smallest absolute Gasteiger partial charge is 0.264 e. The summed E-state index contributed by atoms with van der Waals surface area (Å²) in [6.07, 6.45) is 6.99. The van der Waals surface area contributed by atoms with Crippen LogP contribution in [-0.4, -0.2) is 41.8 Å². The molecule has 1 saturated heterocycles. The Morgan fingerprint density at radius 2 is 1.90 bits per heavy atom. The van der Waals surface area contributed by atoms with E-state index < -0.39 is 10.1 Å². The van der Waals surface area contributed by atoms with Crippen LogP contribution in [0.4, 0.5) is 5.95 Å². The zero-order valence-corrected chi connectivity index (χ0v) is 12.5. The molecule has 0 saturated carbocycles. The lowest BCUT2D eigenvalue weighted by Gasteiger charge is -2.31. The molecule has 0 bridgehead atoms. The molecule has 1 N–H and O–H groups in total. The van der Waals surface area contributed by atoms with Crippen molar-refractivity contribution in [2.24, 2.45) is 5.92 Å². The van der Waals surface area contributed by atoms with Gasteiger partial charge < -0.3 is 4.90 Å². The quantitative estimate of drug-likeness (QED) is 0.830. The van der Waals surface area contributed by atoms with Crippen LogP contribution < -0.4 is 4.90 Å². The monoisotopic (exact) mass is 299 g/mol. The standard InChI is InChI=1S/C13H21N3O3S/c1-2-11-9-14-13(15-10-11)16-6-3-12(4-7-16)5-8-20(17,18)19/h9-10,12H,2-8H2,1H3,(H,17,18,19). The molecule has 1 aliphatic rings. The Morgan fingerprint density at radius 1 is 1.30 bits per heavy atom. The normalized spacial score (nSPS) is 17.4. The minimum Gasteiger partial charge on any atom is -0.341 e. The lowest BCUT2D eigenvalue weighted by atomic mass is 9.94. The largest absolute Gasteiger partial charge is 0.341 e. The molecule has 0 unspecified atom stereocenters. The topological polar surface area (TPSA) is 83.4 Å². The highest BCUT2D eigenvalue weighted by Gasteiger charge is 2.22. The average Bonchev–Trinajstić information content (AvgIpc) is 2.45. The summed E-state index contributed by atoms with van der Waals surface area (Å²) in [6.45, 7) is 3.74. The second-order valence-corrected chi connectivity index (χ2v) is 6.82. The summed E-state index contributed by atoms with van der Waals surface area (Å²) in [7, 11) is -3.84. The number of anilines is 1. The number of piperidine rings is 1. The highest BCUT2D eigenvalue weighted by atomic mass is 32.2. The van der Waals surface area contributed by atoms with Gasteiger partial charge >= 0.3 is 0 Å². The van der Waals surface area contributed by atoms with Gasteiger partial charge in [-0.25, -0.2) is 9.97 Å². The van der Waals surface area contributed by atoms with Gasteiger partial charge in [-0.3, -0.25) is 4.55 Å². The van der Waals surface area contributed by atoms with Crippen LogP contribution in [0.2, 0.25) is 0 Å². The predicted molar refractivity (Wildman–Crippen MR) is 77.4 cm³/mol. The zero-order chi connectivity index (χ0) is 14.6. The first-order chi connectivity index (χ1) is 9.48. The Bertz CT molecular complexity index is 522. The molecular weight excluding hydrogens is 278 g/mol. The first-order valence-corrected chi connectivity index (χ1v) is 8.60. The van der Waals surface area contributed by atoms with Crippen LogP contribution in [0.3, 0.4) is 0 Å². The fourth-order valence-corrected chi connectivity index (χ4v) is 3.06. The highest BCUT2D eigenvalue weighted by Crippen LogP contribution is 2.23. The molecule has 20 heavy (non-hydrogen) atoms. The number of hydrogen-bond acceptors (Lipinski definition) is 5. The van der Waals surface area contributed by atoms with E-state index in [2.05, 4.69) is 21.8 Å². The highest BCUT2D eigenvalue weighted by molar-refractivity contribution is 7.85. The van der Waals surface area contributed by atoms with Gasteiger partial charge in [-0.15, -0.1) is 0 Å². The van der Waals surface area contributed by atoms with Crippen molar-refractivity contribution >= 4 is 16.1 Å². The van der Waals surface area contributed by atoms with E-state index in [1.165, 1.54) is 0 Å². The summed E-state index contributed by atoms with van der Waals surface area (Å²) >= 11 is 0. The van der Waals surface area contributed by atoms with E-state index in [9.17, 15) is 8.42 Å². The van der Waals surface area contributed by atoms with Crippen molar-refractivity contribution in [2.75, 3.05) is 23.7 Å². The van der Waals surface area contributed by atoms with Gasteiger partial charge in [-0.05, 0) is 37.2 Å². The molecule has 2 rings (SSSR count). The molecule has 7 heteroatoms. The number of hydrogen-bond donors (Lipinski definition) is 1. The van der Waals surface area contributed by atoms with Crippen LogP contribution in [0.15, 0.2) is 12.4 Å². The van der Waals surface area contributed by atoms with Crippen LogP contribution in [0.25, 0.3) is 0 Å². The third-order valence-corrected chi connectivity index (χ3v) is 4.53. The third-order valence-electron chi connectivity index (χ3n) is 3.78. The lowest BCUT2D eigenvalue weighted by molar-refractivity contribution is 0.386. The van der Waals surface area contributed by atoms with Crippen molar-refractivity contribution < 1.29 is 13.0 Å². The molecule has 112 valence electrons. The van der Waals surface area contributed by atoms with Crippen molar-refractivity contribution in [1.29, 1.82) is 0 Å². The molecule has 0 radical (unpaired) electrons. The molecule has 0 aromatic carbocycles. The third kappa shape index (κ3) is 4.42. The second-order valence-electron chi connectivity index (χ2n) is 5.25. The number of rotatable bonds is 5. The van der Waals surface area contributed by atoms with E-state index in [0.717, 1.165) is 43.9 Å². The summed E-state index contributed by atoms with van der Waals surface area (Å²) in [6, 6.07) is 0. The van der Waals surface area contributed by atoms with E-state index in [1.54, 1.807) is 0 Å². The fraction of sp³-hybridized carbons (Fsp3) is 0.692. The van der Waals surface area contributed by atoms with Gasteiger partial charge in [0.2, 0.25) is 5.95 Å². The molecule has 1 aromatic heterocycles. The summed E-state index contributed by atoms with van der Waals surface area (Å²) in [5.74, 6) is 0.956. The first kappa shape index (κ1) is 15.2. The summed E-state index contributed by atoms with van der Waals surface area (Å²) in [5, 5.41) is 0. The van der Waals surface area contributed by atoms with Gasteiger partial charge in [0.05, 0.1) is 5.75 Å².